The number of esters is 1. The van der Waals surface area contributed by atoms with Crippen LogP contribution in [0.25, 0.3) is 0 Å². The Bertz CT molecular complexity index is 1050. The minimum absolute atomic E-state index is 0.0349. The maximum Gasteiger partial charge on any atom is 0.337 e. The number of nitrogens with zero attached hydrogens (tertiary/aromatic N) is 1. The van der Waals surface area contributed by atoms with Crippen molar-refractivity contribution in [3.05, 3.63) is 58.6 Å². The van der Waals surface area contributed by atoms with Crippen LogP contribution < -0.4 is 5.32 Å². The van der Waals surface area contributed by atoms with Crippen molar-refractivity contribution in [2.45, 2.75) is 24.7 Å². The number of hydrogen-bond acceptors (Lipinski definition) is 5. The van der Waals surface area contributed by atoms with Crippen LogP contribution in [-0.2, 0) is 14.8 Å². The van der Waals surface area contributed by atoms with Crippen molar-refractivity contribution in [2.75, 3.05) is 25.5 Å². The van der Waals surface area contributed by atoms with Crippen molar-refractivity contribution in [1.29, 1.82) is 0 Å². The van der Waals surface area contributed by atoms with Crippen LogP contribution in [0.2, 0.25) is 5.02 Å². The molecule has 1 heterocycles. The van der Waals surface area contributed by atoms with Gasteiger partial charge in [0, 0.05) is 18.8 Å². The van der Waals surface area contributed by atoms with Crippen molar-refractivity contribution in [3.63, 3.8) is 0 Å². The molecule has 30 heavy (non-hydrogen) atoms. The van der Waals surface area contributed by atoms with Crippen LogP contribution in [0.15, 0.2) is 47.4 Å². The number of piperidine rings is 1. The quantitative estimate of drug-likeness (QED) is 0.699. The van der Waals surface area contributed by atoms with Gasteiger partial charge in [-0.3, -0.25) is 4.79 Å². The summed E-state index contributed by atoms with van der Waals surface area (Å²) in [6, 6.07) is 10.3. The molecule has 0 radical (unpaired) electrons. The van der Waals surface area contributed by atoms with Crippen LogP contribution in [0.4, 0.5) is 5.69 Å². The number of anilines is 1. The van der Waals surface area contributed by atoms with Gasteiger partial charge in [0.15, 0.2) is 0 Å². The number of amides is 1. The Morgan fingerprint density at radius 1 is 1.10 bits per heavy atom. The minimum Gasteiger partial charge on any atom is -0.465 e. The summed E-state index contributed by atoms with van der Waals surface area (Å²) in [5.41, 5.74) is 0.833. The number of rotatable bonds is 5. The Morgan fingerprint density at radius 2 is 1.73 bits per heavy atom. The number of halogens is 1. The van der Waals surface area contributed by atoms with E-state index in [1.807, 2.05) is 0 Å². The summed E-state index contributed by atoms with van der Waals surface area (Å²) in [7, 11) is -2.42. The molecule has 0 aliphatic carbocycles. The molecule has 0 aromatic heterocycles. The van der Waals surface area contributed by atoms with E-state index in [4.69, 9.17) is 11.6 Å². The Balaban J connectivity index is 1.81. The van der Waals surface area contributed by atoms with Crippen molar-refractivity contribution in [2.24, 2.45) is 5.92 Å². The second-order valence-electron chi connectivity index (χ2n) is 7.25. The highest BCUT2D eigenvalue weighted by Crippen LogP contribution is 2.27. The van der Waals surface area contributed by atoms with Gasteiger partial charge in [-0.15, -0.1) is 0 Å². The second-order valence-corrected chi connectivity index (χ2v) is 9.60. The van der Waals surface area contributed by atoms with Gasteiger partial charge in [0.05, 0.1) is 28.2 Å². The van der Waals surface area contributed by atoms with E-state index in [9.17, 15) is 18.0 Å². The third-order valence-electron chi connectivity index (χ3n) is 5.13. The molecule has 1 N–H and O–H groups in total. The maximum atomic E-state index is 13.0. The van der Waals surface area contributed by atoms with Gasteiger partial charge in [-0.25, -0.2) is 13.2 Å². The fraction of sp³-hybridized carbons (Fsp3) is 0.333. The summed E-state index contributed by atoms with van der Waals surface area (Å²) in [6.45, 7) is 3.02. The SMILES string of the molecule is COC(=O)c1ccc(NC(=O)c2cc(S(=O)(=O)N3CCC(C)CC3)ccc2Cl)cc1. The lowest BCUT2D eigenvalue weighted by molar-refractivity contribution is 0.0600. The molecule has 1 amide bonds. The highest BCUT2D eigenvalue weighted by atomic mass is 35.5. The number of benzene rings is 2. The summed E-state index contributed by atoms with van der Waals surface area (Å²) in [4.78, 5) is 24.3. The topological polar surface area (TPSA) is 92.8 Å². The van der Waals surface area contributed by atoms with E-state index in [2.05, 4.69) is 17.0 Å². The Hall–Kier alpha value is -2.42. The maximum absolute atomic E-state index is 13.0. The zero-order chi connectivity index (χ0) is 21.9. The monoisotopic (exact) mass is 450 g/mol. The lowest BCUT2D eigenvalue weighted by Crippen LogP contribution is -2.37. The van der Waals surface area contributed by atoms with E-state index in [0.717, 1.165) is 12.8 Å². The molecule has 160 valence electrons. The number of carbonyl (C=O) groups excluding carboxylic acids is 2. The average Bonchev–Trinajstić information content (AvgIpc) is 2.74. The number of nitrogens with one attached hydrogen (secondary N) is 1. The molecule has 2 aromatic rings. The molecule has 1 saturated heterocycles. The van der Waals surface area contributed by atoms with Gasteiger partial charge < -0.3 is 10.1 Å². The van der Waals surface area contributed by atoms with Gasteiger partial charge in [-0.1, -0.05) is 18.5 Å². The van der Waals surface area contributed by atoms with Gasteiger partial charge in [-0.2, -0.15) is 4.31 Å². The first-order valence-corrected chi connectivity index (χ1v) is 11.3. The molecular weight excluding hydrogens is 428 g/mol. The average molecular weight is 451 g/mol. The third-order valence-corrected chi connectivity index (χ3v) is 7.35. The predicted molar refractivity (Wildman–Crippen MR) is 114 cm³/mol. The third kappa shape index (κ3) is 4.83. The van der Waals surface area contributed by atoms with Gasteiger partial charge in [0.1, 0.15) is 0 Å². The van der Waals surface area contributed by atoms with E-state index in [-0.39, 0.29) is 15.5 Å². The zero-order valence-corrected chi connectivity index (χ0v) is 18.3. The number of methoxy groups -OCH3 is 1. The number of hydrogen-bond donors (Lipinski definition) is 1. The Kier molecular flexibility index (Phi) is 6.80. The molecule has 0 atom stereocenters. The molecular formula is C21H23ClN2O5S. The van der Waals surface area contributed by atoms with Crippen LogP contribution >= 0.6 is 11.6 Å². The predicted octanol–water partition coefficient (Wildman–Crippen LogP) is 3.80. The van der Waals surface area contributed by atoms with Crippen LogP contribution in [-0.4, -0.2) is 44.8 Å². The number of carbonyl (C=O) groups is 2. The molecule has 0 bridgehead atoms. The van der Waals surface area contributed by atoms with Crippen molar-refractivity contribution >= 4 is 39.2 Å². The fourth-order valence-corrected chi connectivity index (χ4v) is 4.92. The van der Waals surface area contributed by atoms with Crippen LogP contribution in [0.1, 0.15) is 40.5 Å². The summed E-state index contributed by atoms with van der Waals surface area (Å²) in [6.07, 6.45) is 1.61. The second kappa shape index (κ2) is 9.16. The summed E-state index contributed by atoms with van der Waals surface area (Å²) in [5.74, 6) is -0.537. The summed E-state index contributed by atoms with van der Waals surface area (Å²) < 4.78 is 32.0. The van der Waals surface area contributed by atoms with Crippen LogP contribution in [0.5, 0.6) is 0 Å². The lowest BCUT2D eigenvalue weighted by Gasteiger charge is -2.29. The molecule has 3 rings (SSSR count). The van der Waals surface area contributed by atoms with Gasteiger partial charge >= 0.3 is 5.97 Å². The fourth-order valence-electron chi connectivity index (χ4n) is 3.22. The standard InChI is InChI=1S/C21H23ClN2O5S/c1-14-9-11-24(12-10-14)30(27,28)17-7-8-19(22)18(13-17)20(25)23-16-5-3-15(4-6-16)21(26)29-2/h3-8,13-14H,9-12H2,1-2H3,(H,23,25). The smallest absolute Gasteiger partial charge is 0.337 e. The highest BCUT2D eigenvalue weighted by molar-refractivity contribution is 7.89. The Labute approximate surface area is 181 Å². The number of ether oxygens (including phenoxy) is 1. The highest BCUT2D eigenvalue weighted by Gasteiger charge is 2.29. The normalized spacial score (nSPS) is 15.6. The lowest BCUT2D eigenvalue weighted by atomic mass is 10.0. The largest absolute Gasteiger partial charge is 0.465 e. The first-order chi connectivity index (χ1) is 14.2. The zero-order valence-electron chi connectivity index (χ0n) is 16.7. The first kappa shape index (κ1) is 22.3. The number of sulfonamides is 1. The molecule has 1 aliphatic heterocycles. The van der Waals surface area contributed by atoms with E-state index in [0.29, 0.717) is 30.3 Å². The molecule has 9 heteroatoms. The Morgan fingerprint density at radius 3 is 2.33 bits per heavy atom. The molecule has 7 nitrogen and oxygen atoms in total. The summed E-state index contributed by atoms with van der Waals surface area (Å²) in [5, 5.41) is 2.81. The van der Waals surface area contributed by atoms with Gasteiger partial charge in [0.25, 0.3) is 5.91 Å². The van der Waals surface area contributed by atoms with Gasteiger partial charge in [-0.05, 0) is 61.2 Å². The van der Waals surface area contributed by atoms with Crippen LogP contribution in [0.3, 0.4) is 0 Å². The minimum atomic E-state index is -3.71. The summed E-state index contributed by atoms with van der Waals surface area (Å²) >= 11 is 6.17. The molecule has 0 spiro atoms. The molecule has 1 aliphatic rings. The van der Waals surface area contributed by atoms with Crippen molar-refractivity contribution < 1.29 is 22.7 Å². The van der Waals surface area contributed by atoms with E-state index < -0.39 is 21.9 Å². The first-order valence-electron chi connectivity index (χ1n) is 9.52. The van der Waals surface area contributed by atoms with E-state index >= 15 is 0 Å². The molecule has 2 aromatic carbocycles. The van der Waals surface area contributed by atoms with E-state index in [1.165, 1.54) is 41.7 Å². The van der Waals surface area contributed by atoms with Crippen molar-refractivity contribution in [1.82, 2.24) is 4.31 Å². The van der Waals surface area contributed by atoms with Crippen LogP contribution in [0, 0.1) is 5.92 Å². The molecule has 1 fully saturated rings. The molecule has 0 saturated carbocycles. The van der Waals surface area contributed by atoms with E-state index in [1.54, 1.807) is 12.1 Å². The molecule has 0 unspecified atom stereocenters. The van der Waals surface area contributed by atoms with Crippen molar-refractivity contribution in [3.8, 4) is 0 Å². The van der Waals surface area contributed by atoms with Gasteiger partial charge in [0.2, 0.25) is 10.0 Å².